The summed E-state index contributed by atoms with van der Waals surface area (Å²) in [6.07, 6.45) is 0.421. The van der Waals surface area contributed by atoms with Gasteiger partial charge in [0, 0.05) is 12.5 Å². The molecular formula is C22H20N4O6. The maximum absolute atomic E-state index is 11.4. The highest BCUT2D eigenvalue weighted by molar-refractivity contribution is 6.02. The second-order valence-corrected chi connectivity index (χ2v) is 6.64. The van der Waals surface area contributed by atoms with Gasteiger partial charge in [-0.15, -0.1) is 0 Å². The van der Waals surface area contributed by atoms with E-state index in [2.05, 4.69) is 10.5 Å². The number of hydrazone groups is 1. The summed E-state index contributed by atoms with van der Waals surface area (Å²) >= 11 is 0. The second-order valence-electron chi connectivity index (χ2n) is 6.64. The average molecular weight is 436 g/mol. The lowest BCUT2D eigenvalue weighted by Gasteiger charge is -2.10. The summed E-state index contributed by atoms with van der Waals surface area (Å²) in [5.74, 6) is 1.40. The molecule has 0 spiro atoms. The summed E-state index contributed by atoms with van der Waals surface area (Å²) in [4.78, 5) is 21.0. The van der Waals surface area contributed by atoms with E-state index in [1.165, 1.54) is 12.1 Å². The van der Waals surface area contributed by atoms with E-state index in [1.54, 1.807) is 26.4 Å². The molecule has 0 fully saturated rings. The summed E-state index contributed by atoms with van der Waals surface area (Å²) in [6, 6.07) is 18.0. The number of nitrogens with zero attached hydrogens (tertiary/aromatic N) is 3. The highest BCUT2D eigenvalue weighted by Crippen LogP contribution is 2.29. The molecule has 0 aliphatic heterocycles. The lowest BCUT2D eigenvalue weighted by atomic mass is 10.0. The molecule has 0 bridgehead atoms. The summed E-state index contributed by atoms with van der Waals surface area (Å²) in [7, 11) is 3.15. The number of methoxy groups -OCH3 is 2. The number of hydrogen-bond acceptors (Lipinski definition) is 8. The molecule has 3 aromatic rings. The zero-order valence-corrected chi connectivity index (χ0v) is 17.3. The first-order chi connectivity index (χ1) is 15.4. The molecule has 0 atom stereocenters. The van der Waals surface area contributed by atoms with Gasteiger partial charge in [-0.05, 0) is 53.6 Å². The second kappa shape index (κ2) is 10.0. The smallest absolute Gasteiger partial charge is 0.301 e. The Kier molecular flexibility index (Phi) is 6.96. The molecular weight excluding hydrogens is 416 g/mol. The molecule has 0 amide bonds. The van der Waals surface area contributed by atoms with E-state index in [1.807, 2.05) is 36.4 Å². The number of non-ortho nitro benzene ring substituents is 1. The van der Waals surface area contributed by atoms with Crippen molar-refractivity contribution in [3.63, 3.8) is 0 Å². The first-order valence-corrected chi connectivity index (χ1v) is 9.44. The van der Waals surface area contributed by atoms with Crippen molar-refractivity contribution in [2.24, 2.45) is 5.10 Å². The van der Waals surface area contributed by atoms with Crippen LogP contribution in [0.15, 0.2) is 71.8 Å². The summed E-state index contributed by atoms with van der Waals surface area (Å²) in [6.45, 7) is 0. The molecule has 3 aromatic carbocycles. The Morgan fingerprint density at radius 3 is 2.00 bits per heavy atom. The van der Waals surface area contributed by atoms with E-state index in [0.29, 0.717) is 17.9 Å². The highest BCUT2D eigenvalue weighted by atomic mass is 16.6. The van der Waals surface area contributed by atoms with Crippen LogP contribution < -0.4 is 14.9 Å². The fraction of sp³-hybridized carbons (Fsp3) is 0.136. The molecule has 0 saturated carbocycles. The van der Waals surface area contributed by atoms with Gasteiger partial charge in [-0.2, -0.15) is 5.10 Å². The zero-order valence-electron chi connectivity index (χ0n) is 17.3. The van der Waals surface area contributed by atoms with E-state index >= 15 is 0 Å². The van der Waals surface area contributed by atoms with Gasteiger partial charge in [-0.25, -0.2) is 0 Å². The molecule has 10 nitrogen and oxygen atoms in total. The first kappa shape index (κ1) is 22.2. The number of nitro groups is 2. The number of ether oxygens (including phenoxy) is 2. The minimum Gasteiger partial charge on any atom is -0.497 e. The molecule has 0 radical (unpaired) electrons. The van der Waals surface area contributed by atoms with Crippen molar-refractivity contribution in [1.82, 2.24) is 0 Å². The maximum Gasteiger partial charge on any atom is 0.301 e. The number of rotatable bonds is 9. The van der Waals surface area contributed by atoms with Gasteiger partial charge in [-0.3, -0.25) is 25.7 Å². The minimum atomic E-state index is -0.693. The lowest BCUT2D eigenvalue weighted by molar-refractivity contribution is -0.393. The van der Waals surface area contributed by atoms with E-state index in [-0.39, 0.29) is 11.4 Å². The van der Waals surface area contributed by atoms with Crippen molar-refractivity contribution < 1.29 is 19.3 Å². The van der Waals surface area contributed by atoms with Crippen LogP contribution in [0.4, 0.5) is 17.1 Å². The zero-order chi connectivity index (χ0) is 23.1. The molecule has 3 rings (SSSR count). The molecule has 32 heavy (non-hydrogen) atoms. The quantitative estimate of drug-likeness (QED) is 0.295. The van der Waals surface area contributed by atoms with Crippen LogP contribution in [-0.2, 0) is 6.42 Å². The third kappa shape index (κ3) is 5.36. The molecule has 0 aliphatic carbocycles. The fourth-order valence-electron chi connectivity index (χ4n) is 2.93. The SMILES string of the molecule is COc1ccc(C/C(=N/Nc2ccc([N+](=O)[O-])cc2[N+](=O)[O-])c2ccc(OC)cc2)cc1. The van der Waals surface area contributed by atoms with Crippen molar-refractivity contribution in [2.75, 3.05) is 19.6 Å². The minimum absolute atomic E-state index is 0.0429. The average Bonchev–Trinajstić information content (AvgIpc) is 2.82. The highest BCUT2D eigenvalue weighted by Gasteiger charge is 2.19. The van der Waals surface area contributed by atoms with Crippen LogP contribution in [0.3, 0.4) is 0 Å². The van der Waals surface area contributed by atoms with Gasteiger partial charge in [0.25, 0.3) is 5.69 Å². The van der Waals surface area contributed by atoms with Gasteiger partial charge in [0.15, 0.2) is 0 Å². The molecule has 0 saturated heterocycles. The van der Waals surface area contributed by atoms with Crippen molar-refractivity contribution in [3.05, 3.63) is 98.1 Å². The molecule has 0 aromatic heterocycles. The normalized spacial score (nSPS) is 11.0. The Labute approximate surface area is 183 Å². The van der Waals surface area contributed by atoms with Crippen LogP contribution in [0.5, 0.6) is 11.5 Å². The summed E-state index contributed by atoms with van der Waals surface area (Å²) < 4.78 is 10.4. The third-order valence-electron chi connectivity index (χ3n) is 4.65. The van der Waals surface area contributed by atoms with Crippen LogP contribution in [0.2, 0.25) is 0 Å². The molecule has 164 valence electrons. The van der Waals surface area contributed by atoms with Gasteiger partial charge in [0.05, 0.1) is 35.8 Å². The Bertz CT molecular complexity index is 1140. The molecule has 0 heterocycles. The number of nitro benzene ring substituents is 2. The van der Waals surface area contributed by atoms with Crippen LogP contribution in [0, 0.1) is 20.2 Å². The molecule has 10 heteroatoms. The van der Waals surface area contributed by atoms with Crippen molar-refractivity contribution in [2.45, 2.75) is 6.42 Å². The van der Waals surface area contributed by atoms with Crippen LogP contribution in [0.25, 0.3) is 0 Å². The predicted octanol–water partition coefficient (Wildman–Crippen LogP) is 4.58. The summed E-state index contributed by atoms with van der Waals surface area (Å²) in [5.41, 5.74) is 4.25. The topological polar surface area (TPSA) is 129 Å². The molecule has 0 aliphatic rings. The number of nitrogens with one attached hydrogen (secondary N) is 1. The van der Waals surface area contributed by atoms with Crippen LogP contribution >= 0.6 is 0 Å². The number of anilines is 1. The van der Waals surface area contributed by atoms with Crippen molar-refractivity contribution >= 4 is 22.8 Å². The fourth-order valence-corrected chi connectivity index (χ4v) is 2.93. The Morgan fingerprint density at radius 2 is 1.47 bits per heavy atom. The third-order valence-corrected chi connectivity index (χ3v) is 4.65. The number of benzene rings is 3. The van der Waals surface area contributed by atoms with Crippen molar-refractivity contribution in [3.8, 4) is 11.5 Å². The van der Waals surface area contributed by atoms with E-state index < -0.39 is 15.5 Å². The number of hydrogen-bond donors (Lipinski definition) is 1. The first-order valence-electron chi connectivity index (χ1n) is 9.44. The van der Waals surface area contributed by atoms with Crippen LogP contribution in [-0.4, -0.2) is 29.8 Å². The lowest BCUT2D eigenvalue weighted by Crippen LogP contribution is -2.09. The molecule has 0 unspecified atom stereocenters. The van der Waals surface area contributed by atoms with Gasteiger partial charge >= 0.3 is 5.69 Å². The van der Waals surface area contributed by atoms with E-state index in [0.717, 1.165) is 22.9 Å². The van der Waals surface area contributed by atoms with E-state index in [4.69, 9.17) is 9.47 Å². The Morgan fingerprint density at radius 1 is 0.875 bits per heavy atom. The van der Waals surface area contributed by atoms with Gasteiger partial charge < -0.3 is 9.47 Å². The van der Waals surface area contributed by atoms with Gasteiger partial charge in [-0.1, -0.05) is 12.1 Å². The Balaban J connectivity index is 1.96. The van der Waals surface area contributed by atoms with Gasteiger partial charge in [0.2, 0.25) is 0 Å². The Hall–Kier alpha value is -4.47. The van der Waals surface area contributed by atoms with Crippen LogP contribution in [0.1, 0.15) is 11.1 Å². The largest absolute Gasteiger partial charge is 0.497 e. The van der Waals surface area contributed by atoms with Crippen molar-refractivity contribution in [1.29, 1.82) is 0 Å². The monoisotopic (exact) mass is 436 g/mol. The predicted molar refractivity (Wildman–Crippen MR) is 120 cm³/mol. The maximum atomic E-state index is 11.4. The standard InChI is InChI=1S/C22H20N4O6/c1-31-18-8-3-15(4-9-18)13-21(16-5-10-19(32-2)11-6-16)24-23-20-12-7-17(25(27)28)14-22(20)26(29)30/h3-12,14,23H,13H2,1-2H3/b24-21-. The van der Waals surface area contributed by atoms with E-state index in [9.17, 15) is 20.2 Å². The summed E-state index contributed by atoms with van der Waals surface area (Å²) in [5, 5.41) is 26.8. The van der Waals surface area contributed by atoms with Gasteiger partial charge in [0.1, 0.15) is 17.2 Å². The molecule has 1 N–H and O–H groups in total.